The quantitative estimate of drug-likeness (QED) is 0.356. The van der Waals surface area contributed by atoms with Crippen LogP contribution in [0.3, 0.4) is 0 Å². The fraction of sp³-hybridized carbons (Fsp3) is 0.125. The molecule has 0 spiro atoms. The molecule has 0 saturated carbocycles. The molecule has 8 heteroatoms. The Bertz CT molecular complexity index is 788. The predicted molar refractivity (Wildman–Crippen MR) is 85.2 cm³/mol. The number of ether oxygens (including phenoxy) is 2. The summed E-state index contributed by atoms with van der Waals surface area (Å²) >= 11 is 5.88. The molecule has 24 heavy (non-hydrogen) atoms. The highest BCUT2D eigenvalue weighted by atomic mass is 35.5. The lowest BCUT2D eigenvalue weighted by Gasteiger charge is -2.07. The van der Waals surface area contributed by atoms with Crippen LogP contribution in [0.5, 0.6) is 5.75 Å². The molecule has 0 bridgehead atoms. The van der Waals surface area contributed by atoms with E-state index in [-0.39, 0.29) is 34.4 Å². The largest absolute Gasteiger partial charge is 0.469 e. The van der Waals surface area contributed by atoms with E-state index >= 15 is 0 Å². The summed E-state index contributed by atoms with van der Waals surface area (Å²) in [6.45, 7) is 0. The molecule has 2 aromatic rings. The number of carbonyl (C=O) groups is 2. The van der Waals surface area contributed by atoms with Gasteiger partial charge in [-0.05, 0) is 23.8 Å². The van der Waals surface area contributed by atoms with Crippen LogP contribution in [-0.4, -0.2) is 24.0 Å². The van der Waals surface area contributed by atoms with Crippen molar-refractivity contribution in [2.75, 3.05) is 7.11 Å². The van der Waals surface area contributed by atoms with Crippen LogP contribution in [0.2, 0.25) is 5.02 Å². The van der Waals surface area contributed by atoms with Crippen LogP contribution in [0.15, 0.2) is 42.5 Å². The topological polar surface area (TPSA) is 95.7 Å². The summed E-state index contributed by atoms with van der Waals surface area (Å²) in [7, 11) is 1.30. The smallest absolute Gasteiger partial charge is 0.345 e. The number of nitrogens with zero attached hydrogens (tertiary/aromatic N) is 1. The fourth-order valence-electron chi connectivity index (χ4n) is 1.86. The summed E-state index contributed by atoms with van der Waals surface area (Å²) in [4.78, 5) is 33.3. The number of hydrogen-bond acceptors (Lipinski definition) is 6. The molecule has 0 aliphatic rings. The fourth-order valence-corrected chi connectivity index (χ4v) is 2.11. The van der Waals surface area contributed by atoms with Crippen molar-refractivity contribution in [2.24, 2.45) is 0 Å². The van der Waals surface area contributed by atoms with Gasteiger partial charge in [0.05, 0.1) is 29.0 Å². The SMILES string of the molecule is COC(=O)Cc1ccc(OC(=O)c2ccc([N+](=O)[O-])cc2Cl)cc1. The second-order valence-corrected chi connectivity index (χ2v) is 5.11. The Morgan fingerprint density at radius 1 is 1.17 bits per heavy atom. The average Bonchev–Trinajstić information content (AvgIpc) is 2.56. The first-order valence-corrected chi connectivity index (χ1v) is 7.10. The lowest BCUT2D eigenvalue weighted by molar-refractivity contribution is -0.384. The number of esters is 2. The molecule has 2 rings (SSSR count). The molecule has 0 heterocycles. The van der Waals surface area contributed by atoms with Crippen molar-refractivity contribution >= 4 is 29.2 Å². The highest BCUT2D eigenvalue weighted by molar-refractivity contribution is 6.33. The number of nitro benzene ring substituents is 1. The lowest BCUT2D eigenvalue weighted by atomic mass is 10.1. The Morgan fingerprint density at radius 3 is 2.38 bits per heavy atom. The normalized spacial score (nSPS) is 10.1. The van der Waals surface area contributed by atoms with Crippen molar-refractivity contribution in [3.8, 4) is 5.75 Å². The maximum Gasteiger partial charge on any atom is 0.345 e. The molecule has 0 amide bonds. The van der Waals surface area contributed by atoms with E-state index in [9.17, 15) is 19.7 Å². The second kappa shape index (κ2) is 7.56. The van der Waals surface area contributed by atoms with E-state index in [1.165, 1.54) is 31.4 Å². The first-order valence-electron chi connectivity index (χ1n) is 6.72. The maximum absolute atomic E-state index is 12.1. The molecule has 2 aromatic carbocycles. The summed E-state index contributed by atoms with van der Waals surface area (Å²) < 4.78 is 9.72. The first-order chi connectivity index (χ1) is 11.4. The number of rotatable bonds is 5. The van der Waals surface area contributed by atoms with Gasteiger partial charge in [-0.1, -0.05) is 23.7 Å². The average molecular weight is 350 g/mol. The van der Waals surface area contributed by atoms with Crippen LogP contribution in [-0.2, 0) is 16.0 Å². The third-order valence-electron chi connectivity index (χ3n) is 3.09. The summed E-state index contributed by atoms with van der Waals surface area (Å²) in [6.07, 6.45) is 0.110. The Morgan fingerprint density at radius 2 is 1.83 bits per heavy atom. The summed E-state index contributed by atoms with van der Waals surface area (Å²) in [6, 6.07) is 9.77. The van der Waals surface area contributed by atoms with Gasteiger partial charge in [-0.2, -0.15) is 0 Å². The second-order valence-electron chi connectivity index (χ2n) is 4.71. The van der Waals surface area contributed by atoms with E-state index in [4.69, 9.17) is 16.3 Å². The van der Waals surface area contributed by atoms with Gasteiger partial charge in [0.2, 0.25) is 0 Å². The first kappa shape index (κ1) is 17.4. The van der Waals surface area contributed by atoms with Crippen LogP contribution >= 0.6 is 11.6 Å². The summed E-state index contributed by atoms with van der Waals surface area (Å²) in [5.41, 5.74) is 0.500. The highest BCUT2D eigenvalue weighted by Gasteiger charge is 2.16. The zero-order valence-electron chi connectivity index (χ0n) is 12.5. The minimum absolute atomic E-state index is 0.0147. The molecule has 0 N–H and O–H groups in total. The van der Waals surface area contributed by atoms with Crippen molar-refractivity contribution in [1.82, 2.24) is 0 Å². The third-order valence-corrected chi connectivity index (χ3v) is 3.41. The van der Waals surface area contributed by atoms with Crippen molar-refractivity contribution in [2.45, 2.75) is 6.42 Å². The van der Waals surface area contributed by atoms with E-state index in [0.717, 1.165) is 6.07 Å². The van der Waals surface area contributed by atoms with E-state index in [1.54, 1.807) is 12.1 Å². The number of benzene rings is 2. The molecule has 0 fully saturated rings. The maximum atomic E-state index is 12.1. The van der Waals surface area contributed by atoms with Crippen LogP contribution in [0.25, 0.3) is 0 Å². The van der Waals surface area contributed by atoms with E-state index < -0.39 is 10.9 Å². The zero-order valence-corrected chi connectivity index (χ0v) is 13.3. The van der Waals surface area contributed by atoms with Crippen molar-refractivity contribution in [3.63, 3.8) is 0 Å². The van der Waals surface area contributed by atoms with Gasteiger partial charge in [0.1, 0.15) is 5.75 Å². The molecule has 0 unspecified atom stereocenters. The lowest BCUT2D eigenvalue weighted by Crippen LogP contribution is -2.09. The van der Waals surface area contributed by atoms with Crippen molar-refractivity contribution in [3.05, 3.63) is 68.7 Å². The molecule has 7 nitrogen and oxygen atoms in total. The van der Waals surface area contributed by atoms with Gasteiger partial charge in [-0.3, -0.25) is 14.9 Å². The highest BCUT2D eigenvalue weighted by Crippen LogP contribution is 2.24. The third kappa shape index (κ3) is 4.30. The number of hydrogen-bond donors (Lipinski definition) is 0. The Kier molecular flexibility index (Phi) is 5.49. The molecule has 0 atom stereocenters. The molecule has 0 aromatic heterocycles. The van der Waals surface area contributed by atoms with Crippen LogP contribution in [0.1, 0.15) is 15.9 Å². The molecule has 0 aliphatic heterocycles. The Balaban J connectivity index is 2.09. The molecule has 124 valence electrons. The van der Waals surface area contributed by atoms with Gasteiger partial charge < -0.3 is 9.47 Å². The number of non-ortho nitro benzene ring substituents is 1. The minimum atomic E-state index is -0.740. The molecular weight excluding hydrogens is 338 g/mol. The van der Waals surface area contributed by atoms with E-state index in [1.807, 2.05) is 0 Å². The van der Waals surface area contributed by atoms with Gasteiger partial charge >= 0.3 is 11.9 Å². The van der Waals surface area contributed by atoms with Gasteiger partial charge in [-0.15, -0.1) is 0 Å². The van der Waals surface area contributed by atoms with Crippen LogP contribution < -0.4 is 4.74 Å². The standard InChI is InChI=1S/C16H12ClNO6/c1-23-15(19)8-10-2-5-12(6-3-10)24-16(20)13-7-4-11(18(21)22)9-14(13)17/h2-7,9H,8H2,1H3. The van der Waals surface area contributed by atoms with E-state index in [2.05, 4.69) is 4.74 Å². The zero-order chi connectivity index (χ0) is 17.7. The predicted octanol–water partition coefficient (Wildman–Crippen LogP) is 3.18. The molecule has 0 saturated heterocycles. The van der Waals surface area contributed by atoms with Gasteiger partial charge in [-0.25, -0.2) is 4.79 Å². The Labute approximate surface area is 141 Å². The summed E-state index contributed by atoms with van der Waals surface area (Å²) in [5, 5.41) is 10.6. The Hall–Kier alpha value is -2.93. The molecule has 0 radical (unpaired) electrons. The van der Waals surface area contributed by atoms with Gasteiger partial charge in [0, 0.05) is 12.1 Å². The monoisotopic (exact) mass is 349 g/mol. The number of carbonyl (C=O) groups excluding carboxylic acids is 2. The van der Waals surface area contributed by atoms with Crippen molar-refractivity contribution in [1.29, 1.82) is 0 Å². The summed E-state index contributed by atoms with van der Waals surface area (Å²) in [5.74, 6) is -0.865. The number of nitro groups is 1. The van der Waals surface area contributed by atoms with E-state index in [0.29, 0.717) is 5.56 Å². The number of halogens is 1. The van der Waals surface area contributed by atoms with Crippen molar-refractivity contribution < 1.29 is 24.0 Å². The van der Waals surface area contributed by atoms with Gasteiger partial charge in [0.25, 0.3) is 5.69 Å². The number of methoxy groups -OCH3 is 1. The van der Waals surface area contributed by atoms with Crippen LogP contribution in [0.4, 0.5) is 5.69 Å². The van der Waals surface area contributed by atoms with Gasteiger partial charge in [0.15, 0.2) is 0 Å². The van der Waals surface area contributed by atoms with Crippen LogP contribution in [0, 0.1) is 10.1 Å². The molecular formula is C16H12ClNO6. The molecule has 0 aliphatic carbocycles. The minimum Gasteiger partial charge on any atom is -0.469 e.